The number of carbonyl (C=O) groups is 1. The van der Waals surface area contributed by atoms with Crippen molar-refractivity contribution in [3.8, 4) is 11.9 Å². The Bertz CT molecular complexity index is 880. The first-order valence-corrected chi connectivity index (χ1v) is 11.4. The van der Waals surface area contributed by atoms with E-state index in [1.54, 1.807) is 6.08 Å². The maximum absolute atomic E-state index is 11.5. The molecular weight excluding hydrogens is 404 g/mol. The number of amides is 1. The van der Waals surface area contributed by atoms with Crippen molar-refractivity contribution in [3.63, 3.8) is 0 Å². The lowest BCUT2D eigenvalue weighted by atomic mass is 9.67. The number of carbonyl (C=O) groups excluding carboxylic acids is 1. The summed E-state index contributed by atoms with van der Waals surface area (Å²) in [6.07, 6.45) is 6.30. The summed E-state index contributed by atoms with van der Waals surface area (Å²) in [7, 11) is 0. The number of pyridine rings is 1. The summed E-state index contributed by atoms with van der Waals surface area (Å²) in [6.45, 7) is 12.1. The second-order valence-corrected chi connectivity index (χ2v) is 10.6. The van der Waals surface area contributed by atoms with Gasteiger partial charge in [-0.1, -0.05) is 26.8 Å². The number of rotatable bonds is 8. The van der Waals surface area contributed by atoms with Crippen molar-refractivity contribution >= 4 is 5.91 Å². The Morgan fingerprint density at radius 2 is 2.19 bits per heavy atom. The van der Waals surface area contributed by atoms with Crippen LogP contribution in [-0.2, 0) is 11.2 Å². The molecule has 1 spiro atoms. The van der Waals surface area contributed by atoms with Crippen LogP contribution in [0.25, 0.3) is 0 Å². The van der Waals surface area contributed by atoms with E-state index in [-0.39, 0.29) is 28.9 Å². The lowest BCUT2D eigenvalue weighted by Crippen LogP contribution is -2.54. The molecule has 0 saturated heterocycles. The van der Waals surface area contributed by atoms with Gasteiger partial charge < -0.3 is 20.5 Å². The van der Waals surface area contributed by atoms with Crippen molar-refractivity contribution in [3.05, 3.63) is 36.0 Å². The van der Waals surface area contributed by atoms with Gasteiger partial charge in [-0.05, 0) is 29.9 Å². The summed E-state index contributed by atoms with van der Waals surface area (Å²) < 4.78 is 6.31. The van der Waals surface area contributed by atoms with Crippen LogP contribution in [0.4, 0.5) is 0 Å². The van der Waals surface area contributed by atoms with Crippen molar-refractivity contribution in [2.75, 3.05) is 6.54 Å². The van der Waals surface area contributed by atoms with Gasteiger partial charge in [0, 0.05) is 50.5 Å². The normalized spacial score (nSPS) is 26.1. The molecule has 3 N–H and O–H groups in total. The molecule has 3 atom stereocenters. The fraction of sp³-hybridized carbons (Fsp3) is 0.640. The fourth-order valence-corrected chi connectivity index (χ4v) is 4.81. The summed E-state index contributed by atoms with van der Waals surface area (Å²) in [4.78, 5) is 16.2. The van der Waals surface area contributed by atoms with E-state index in [9.17, 15) is 15.2 Å². The van der Waals surface area contributed by atoms with E-state index >= 15 is 0 Å². The molecule has 0 bridgehead atoms. The van der Waals surface area contributed by atoms with Crippen LogP contribution in [0, 0.1) is 22.7 Å². The van der Waals surface area contributed by atoms with Gasteiger partial charge in [0.25, 0.3) is 0 Å². The first-order chi connectivity index (χ1) is 15.0. The van der Waals surface area contributed by atoms with Crippen LogP contribution in [-0.4, -0.2) is 40.3 Å². The van der Waals surface area contributed by atoms with Crippen LogP contribution in [0.5, 0.6) is 5.88 Å². The van der Waals surface area contributed by atoms with E-state index in [1.807, 2.05) is 6.20 Å². The number of hydrogen-bond donors (Lipinski definition) is 3. The number of aliphatic hydroxyl groups excluding tert-OH is 1. The van der Waals surface area contributed by atoms with Gasteiger partial charge in [0.05, 0.1) is 24.1 Å². The van der Waals surface area contributed by atoms with Crippen LogP contribution in [0.15, 0.2) is 24.9 Å². The zero-order chi connectivity index (χ0) is 23.5. The van der Waals surface area contributed by atoms with Crippen molar-refractivity contribution in [1.29, 1.82) is 5.26 Å². The largest absolute Gasteiger partial charge is 0.471 e. The molecule has 0 unspecified atom stereocenters. The van der Waals surface area contributed by atoms with Crippen LogP contribution < -0.4 is 15.4 Å². The summed E-state index contributed by atoms with van der Waals surface area (Å²) >= 11 is 0. The summed E-state index contributed by atoms with van der Waals surface area (Å²) in [6, 6.07) is 4.03. The van der Waals surface area contributed by atoms with Gasteiger partial charge in [0.1, 0.15) is 5.60 Å². The topological polar surface area (TPSA) is 107 Å². The fourth-order valence-electron chi connectivity index (χ4n) is 4.81. The highest BCUT2D eigenvalue weighted by molar-refractivity contribution is 5.73. The molecule has 1 saturated carbocycles. The third kappa shape index (κ3) is 5.87. The Balaban J connectivity index is 1.79. The van der Waals surface area contributed by atoms with E-state index in [4.69, 9.17) is 4.74 Å². The first-order valence-electron chi connectivity index (χ1n) is 11.4. The van der Waals surface area contributed by atoms with E-state index < -0.39 is 12.1 Å². The van der Waals surface area contributed by atoms with Gasteiger partial charge in [-0.2, -0.15) is 5.26 Å². The average molecular weight is 441 g/mol. The van der Waals surface area contributed by atoms with Gasteiger partial charge in [-0.3, -0.25) is 4.79 Å². The smallest absolute Gasteiger partial charge is 0.218 e. The Hall–Kier alpha value is -2.43. The molecule has 1 aliphatic heterocycles. The number of nitrogens with zero attached hydrogens (tertiary/aromatic N) is 2. The van der Waals surface area contributed by atoms with Crippen LogP contribution in [0.2, 0.25) is 0 Å². The molecule has 0 aromatic carbocycles. The molecule has 0 radical (unpaired) electrons. The molecule has 1 amide bonds. The van der Waals surface area contributed by atoms with Crippen molar-refractivity contribution in [1.82, 2.24) is 15.6 Å². The number of aromatic nitrogens is 1. The average Bonchev–Trinajstić information content (AvgIpc) is 2.68. The van der Waals surface area contributed by atoms with Gasteiger partial charge in [0.2, 0.25) is 11.8 Å². The minimum atomic E-state index is -0.766. The number of fused-ring (bicyclic) bond motifs is 1. The van der Waals surface area contributed by atoms with Crippen molar-refractivity contribution in [2.24, 2.45) is 11.3 Å². The molecule has 1 aliphatic carbocycles. The second kappa shape index (κ2) is 9.60. The van der Waals surface area contributed by atoms with E-state index in [0.717, 1.165) is 24.0 Å². The monoisotopic (exact) mass is 440 g/mol. The quantitative estimate of drug-likeness (QED) is 0.536. The van der Waals surface area contributed by atoms with Crippen LogP contribution in [0.1, 0.15) is 70.5 Å². The van der Waals surface area contributed by atoms with Crippen molar-refractivity contribution in [2.45, 2.75) is 83.6 Å². The molecule has 1 aromatic rings. The lowest BCUT2D eigenvalue weighted by molar-refractivity contribution is -0.120. The molecule has 174 valence electrons. The lowest BCUT2D eigenvalue weighted by Gasteiger charge is -2.49. The predicted molar refractivity (Wildman–Crippen MR) is 123 cm³/mol. The van der Waals surface area contributed by atoms with Crippen LogP contribution >= 0.6 is 0 Å². The molecular formula is C25H36N4O3. The van der Waals surface area contributed by atoms with E-state index in [2.05, 4.69) is 55.1 Å². The molecule has 1 fully saturated rings. The Morgan fingerprint density at radius 1 is 1.47 bits per heavy atom. The number of nitrogens with one attached hydrogen (secondary N) is 2. The van der Waals surface area contributed by atoms with Crippen molar-refractivity contribution < 1.29 is 14.6 Å². The van der Waals surface area contributed by atoms with Gasteiger partial charge in [0.15, 0.2) is 0 Å². The maximum atomic E-state index is 11.5. The summed E-state index contributed by atoms with van der Waals surface area (Å²) in [5.74, 6) is 0.445. The molecule has 2 heterocycles. The highest BCUT2D eigenvalue weighted by Crippen LogP contribution is 2.50. The SMILES string of the molecule is C=CC[C@H](NC(C)=O)[C@H](O)CN[C@H]1C[C@]2(C[C@H](C#N)C2)Oc2ncc(CC(C)(C)C)cc21. The Morgan fingerprint density at radius 3 is 2.78 bits per heavy atom. The van der Waals surface area contributed by atoms with E-state index in [0.29, 0.717) is 31.7 Å². The Kier molecular flexibility index (Phi) is 7.26. The molecule has 1 aromatic heterocycles. The minimum Gasteiger partial charge on any atom is -0.471 e. The zero-order valence-corrected chi connectivity index (χ0v) is 19.6. The molecule has 32 heavy (non-hydrogen) atoms. The summed E-state index contributed by atoms with van der Waals surface area (Å²) in [5, 5.41) is 26.3. The third-order valence-corrected chi connectivity index (χ3v) is 6.20. The predicted octanol–water partition coefficient (Wildman–Crippen LogP) is 3.20. The third-order valence-electron chi connectivity index (χ3n) is 6.20. The van der Waals surface area contributed by atoms with Gasteiger partial charge >= 0.3 is 0 Å². The molecule has 7 heteroatoms. The minimum absolute atomic E-state index is 0.0136. The molecule has 7 nitrogen and oxygen atoms in total. The number of aliphatic hydroxyl groups is 1. The number of nitriles is 1. The molecule has 2 aliphatic rings. The zero-order valence-electron chi connectivity index (χ0n) is 19.6. The number of hydrogen-bond acceptors (Lipinski definition) is 6. The highest BCUT2D eigenvalue weighted by atomic mass is 16.5. The standard InChI is InChI=1S/C25H36N4O3/c1-6-7-20(29-16(2)30)22(31)15-27-21-12-25(10-18(11-25)13-26)32-23-19(21)8-17(14-28-23)9-24(3,4)5/h6,8,14,18,20-22,27,31H,1,7,9-12,15H2,2-5H3,(H,29,30)/t18-,20-,21-,22+,25+/m0/s1. The number of ether oxygens (including phenoxy) is 1. The Labute approximate surface area is 191 Å². The van der Waals surface area contributed by atoms with E-state index in [1.165, 1.54) is 6.92 Å². The highest BCUT2D eigenvalue weighted by Gasteiger charge is 2.51. The summed E-state index contributed by atoms with van der Waals surface area (Å²) in [5.41, 5.74) is 1.89. The van der Waals surface area contributed by atoms with Gasteiger partial charge in [-0.25, -0.2) is 4.98 Å². The molecule has 3 rings (SSSR count). The van der Waals surface area contributed by atoms with Crippen LogP contribution in [0.3, 0.4) is 0 Å². The second-order valence-electron chi connectivity index (χ2n) is 10.6. The first kappa shape index (κ1) is 24.2. The van der Waals surface area contributed by atoms with Gasteiger partial charge in [-0.15, -0.1) is 6.58 Å². The maximum Gasteiger partial charge on any atom is 0.218 e.